The molecule has 1 aromatic heterocycles. The Morgan fingerprint density at radius 2 is 2.16 bits per heavy atom. The van der Waals surface area contributed by atoms with Crippen LogP contribution in [0.1, 0.15) is 10.5 Å². The molecule has 1 heterocycles. The van der Waals surface area contributed by atoms with Gasteiger partial charge < -0.3 is 9.84 Å². The average molecular weight is 264 g/mol. The molecular weight excluding hydrogens is 255 g/mol. The number of halogens is 1. The Kier molecular flexibility index (Phi) is 3.28. The van der Waals surface area contributed by atoms with E-state index < -0.39 is 22.9 Å². The third kappa shape index (κ3) is 2.44. The van der Waals surface area contributed by atoms with Crippen LogP contribution < -0.4 is 10.2 Å². The van der Waals surface area contributed by atoms with E-state index in [1.807, 2.05) is 0 Å². The van der Waals surface area contributed by atoms with Crippen LogP contribution in [0, 0.1) is 5.82 Å². The highest BCUT2D eigenvalue weighted by Gasteiger charge is 2.13. The summed E-state index contributed by atoms with van der Waals surface area (Å²) in [5, 5.41) is 12.4. The van der Waals surface area contributed by atoms with E-state index in [1.54, 1.807) is 0 Å². The zero-order valence-corrected chi connectivity index (χ0v) is 9.83. The van der Waals surface area contributed by atoms with Crippen molar-refractivity contribution < 1.29 is 19.0 Å². The Morgan fingerprint density at radius 3 is 2.79 bits per heavy atom. The smallest absolute Gasteiger partial charge is 0.360 e. The minimum atomic E-state index is -1.47. The van der Waals surface area contributed by atoms with Crippen LogP contribution in [-0.4, -0.2) is 28.0 Å². The minimum absolute atomic E-state index is 0.0122. The van der Waals surface area contributed by atoms with Gasteiger partial charge in [-0.25, -0.2) is 13.9 Å². The number of carboxylic acid groups (broad SMARTS) is 1. The van der Waals surface area contributed by atoms with Crippen molar-refractivity contribution in [3.8, 4) is 11.4 Å². The van der Waals surface area contributed by atoms with Crippen LogP contribution in [0.15, 0.2) is 35.3 Å². The molecule has 0 amide bonds. The quantitative estimate of drug-likeness (QED) is 0.897. The second kappa shape index (κ2) is 4.89. The summed E-state index contributed by atoms with van der Waals surface area (Å²) in [7, 11) is 1.42. The molecule has 7 heteroatoms. The number of hydrogen-bond acceptors (Lipinski definition) is 4. The molecule has 6 nitrogen and oxygen atoms in total. The lowest BCUT2D eigenvalue weighted by atomic mass is 10.3. The maximum atomic E-state index is 13.7. The van der Waals surface area contributed by atoms with Gasteiger partial charge >= 0.3 is 5.97 Å². The topological polar surface area (TPSA) is 81.4 Å². The normalized spacial score (nSPS) is 10.2. The van der Waals surface area contributed by atoms with Crippen molar-refractivity contribution in [1.82, 2.24) is 9.78 Å². The summed E-state index contributed by atoms with van der Waals surface area (Å²) in [4.78, 5) is 22.1. The van der Waals surface area contributed by atoms with Crippen LogP contribution in [0.5, 0.6) is 5.75 Å². The Balaban J connectivity index is 2.62. The third-order valence-corrected chi connectivity index (χ3v) is 2.41. The van der Waals surface area contributed by atoms with Crippen molar-refractivity contribution in [2.75, 3.05) is 7.11 Å². The van der Waals surface area contributed by atoms with Crippen molar-refractivity contribution in [2.45, 2.75) is 0 Å². The number of carboxylic acids is 1. The van der Waals surface area contributed by atoms with Gasteiger partial charge in [0.1, 0.15) is 17.3 Å². The summed E-state index contributed by atoms with van der Waals surface area (Å²) in [5.41, 5.74) is -1.43. The molecule has 2 aromatic rings. The summed E-state index contributed by atoms with van der Waals surface area (Å²) in [6.07, 6.45) is 1.19. The molecule has 0 unspecified atom stereocenters. The largest absolute Gasteiger partial charge is 0.497 e. The lowest BCUT2D eigenvalue weighted by Crippen LogP contribution is -2.20. The van der Waals surface area contributed by atoms with E-state index in [9.17, 15) is 14.0 Å². The van der Waals surface area contributed by atoms with Gasteiger partial charge in [-0.3, -0.25) is 4.79 Å². The van der Waals surface area contributed by atoms with Gasteiger partial charge in [-0.05, 0) is 12.1 Å². The first-order valence-electron chi connectivity index (χ1n) is 5.20. The molecule has 2 rings (SSSR count). The number of nitrogens with zero attached hydrogens (tertiary/aromatic N) is 2. The lowest BCUT2D eigenvalue weighted by Gasteiger charge is -2.08. The molecule has 0 aliphatic carbocycles. The molecule has 19 heavy (non-hydrogen) atoms. The number of rotatable bonds is 3. The van der Waals surface area contributed by atoms with Crippen LogP contribution in [0.4, 0.5) is 4.39 Å². The molecule has 0 bridgehead atoms. The number of aromatic carboxylic acids is 1. The lowest BCUT2D eigenvalue weighted by molar-refractivity contribution is 0.0686. The number of hydrogen-bond donors (Lipinski definition) is 1. The summed E-state index contributed by atoms with van der Waals surface area (Å²) < 4.78 is 19.6. The standard InChI is InChI=1S/C12H9FN2O4/c1-19-7-2-3-8(13)9(6-7)15-5-4-10(16)11(14-15)12(17)18/h2-6H,1H3,(H,17,18). The molecule has 0 radical (unpaired) electrons. The van der Waals surface area contributed by atoms with E-state index in [1.165, 1.54) is 25.4 Å². The minimum Gasteiger partial charge on any atom is -0.497 e. The van der Waals surface area contributed by atoms with Gasteiger partial charge in [0, 0.05) is 18.3 Å². The van der Waals surface area contributed by atoms with E-state index in [2.05, 4.69) is 5.10 Å². The highest BCUT2D eigenvalue weighted by molar-refractivity contribution is 5.84. The molecule has 0 saturated heterocycles. The van der Waals surface area contributed by atoms with Gasteiger partial charge in [-0.1, -0.05) is 0 Å². The second-order valence-electron chi connectivity index (χ2n) is 3.60. The summed E-state index contributed by atoms with van der Waals surface area (Å²) in [6.45, 7) is 0. The first kappa shape index (κ1) is 12.7. The molecule has 1 aromatic carbocycles. The van der Waals surface area contributed by atoms with Crippen molar-refractivity contribution in [1.29, 1.82) is 0 Å². The van der Waals surface area contributed by atoms with Crippen molar-refractivity contribution >= 4 is 5.97 Å². The number of aromatic nitrogens is 2. The van der Waals surface area contributed by atoms with Crippen molar-refractivity contribution in [2.24, 2.45) is 0 Å². The van der Waals surface area contributed by atoms with Gasteiger partial charge in [-0.2, -0.15) is 5.10 Å². The van der Waals surface area contributed by atoms with Crippen LogP contribution in [-0.2, 0) is 0 Å². The van der Waals surface area contributed by atoms with Crippen molar-refractivity contribution in [3.05, 3.63) is 52.2 Å². The molecule has 0 aliphatic rings. The van der Waals surface area contributed by atoms with E-state index in [4.69, 9.17) is 9.84 Å². The molecular formula is C12H9FN2O4. The molecule has 0 saturated carbocycles. The first-order valence-corrected chi connectivity index (χ1v) is 5.20. The van der Waals surface area contributed by atoms with Gasteiger partial charge in [0.2, 0.25) is 11.1 Å². The number of ether oxygens (including phenoxy) is 1. The summed E-state index contributed by atoms with van der Waals surface area (Å²) in [5.74, 6) is -1.70. The fourth-order valence-electron chi connectivity index (χ4n) is 1.48. The third-order valence-electron chi connectivity index (χ3n) is 2.41. The van der Waals surface area contributed by atoms with Crippen molar-refractivity contribution in [3.63, 3.8) is 0 Å². The number of benzene rings is 1. The highest BCUT2D eigenvalue weighted by Crippen LogP contribution is 2.19. The predicted octanol–water partition coefficient (Wildman–Crippen LogP) is 1.08. The van der Waals surface area contributed by atoms with Gasteiger partial charge in [0.05, 0.1) is 7.11 Å². The highest BCUT2D eigenvalue weighted by atomic mass is 19.1. The molecule has 0 spiro atoms. The Labute approximate surface area is 106 Å². The van der Waals surface area contributed by atoms with Crippen LogP contribution in [0.2, 0.25) is 0 Å². The molecule has 98 valence electrons. The SMILES string of the molecule is COc1ccc(F)c(-n2ccc(=O)c(C(=O)O)n2)c1. The fourth-order valence-corrected chi connectivity index (χ4v) is 1.48. The zero-order valence-electron chi connectivity index (χ0n) is 9.83. The van der Waals surface area contributed by atoms with Crippen LogP contribution in [0.25, 0.3) is 5.69 Å². The maximum Gasteiger partial charge on any atom is 0.360 e. The molecule has 1 N–H and O–H groups in total. The van der Waals surface area contributed by atoms with Crippen LogP contribution >= 0.6 is 0 Å². The first-order chi connectivity index (χ1) is 9.02. The molecule has 0 fully saturated rings. The van der Waals surface area contributed by atoms with E-state index >= 15 is 0 Å². The van der Waals surface area contributed by atoms with Gasteiger partial charge in [-0.15, -0.1) is 0 Å². The van der Waals surface area contributed by atoms with E-state index in [-0.39, 0.29) is 5.69 Å². The number of methoxy groups -OCH3 is 1. The molecule has 0 aliphatic heterocycles. The summed E-state index contributed by atoms with van der Waals surface area (Å²) >= 11 is 0. The monoisotopic (exact) mass is 264 g/mol. The van der Waals surface area contributed by atoms with E-state index in [0.29, 0.717) is 5.75 Å². The average Bonchev–Trinajstić information content (AvgIpc) is 2.40. The van der Waals surface area contributed by atoms with Gasteiger partial charge in [0.15, 0.2) is 0 Å². The maximum absolute atomic E-state index is 13.7. The number of carbonyl (C=O) groups is 1. The zero-order chi connectivity index (χ0) is 14.0. The summed E-state index contributed by atoms with van der Waals surface area (Å²) in [6, 6.07) is 4.93. The van der Waals surface area contributed by atoms with Crippen LogP contribution in [0.3, 0.4) is 0 Å². The second-order valence-corrected chi connectivity index (χ2v) is 3.60. The predicted molar refractivity (Wildman–Crippen MR) is 63.3 cm³/mol. The Morgan fingerprint density at radius 1 is 1.42 bits per heavy atom. The Bertz CT molecular complexity index is 696. The molecule has 0 atom stereocenters. The Hall–Kier alpha value is -2.70. The van der Waals surface area contributed by atoms with Gasteiger partial charge in [0.25, 0.3) is 0 Å². The van der Waals surface area contributed by atoms with E-state index in [0.717, 1.165) is 16.8 Å². The fraction of sp³-hybridized carbons (Fsp3) is 0.0833.